The molecule has 0 saturated heterocycles. The predicted molar refractivity (Wildman–Crippen MR) is 100 cm³/mol. The highest BCUT2D eigenvalue weighted by Crippen LogP contribution is 2.67. The first-order valence-corrected chi connectivity index (χ1v) is 10.3. The van der Waals surface area contributed by atoms with Crippen LogP contribution in [0.1, 0.15) is 53.4 Å². The molecule has 144 valence electrons. The summed E-state index contributed by atoms with van der Waals surface area (Å²) in [6.45, 7) is 9.08. The Labute approximate surface area is 157 Å². The van der Waals surface area contributed by atoms with E-state index in [-0.39, 0.29) is 34.6 Å². The number of carboxylic acid groups (broad SMARTS) is 1. The molecule has 0 spiro atoms. The SMILES string of the molecule is CC1C[C@H]2N(C)C(=O)C=CC2(C)C2CCC3(C)C(CC(C)C3C(=O)O)C12. The van der Waals surface area contributed by atoms with Crippen molar-refractivity contribution in [2.24, 2.45) is 46.3 Å². The third kappa shape index (κ3) is 2.13. The van der Waals surface area contributed by atoms with Gasteiger partial charge in [-0.05, 0) is 66.8 Å². The Hall–Kier alpha value is -1.32. The number of hydrogen-bond acceptors (Lipinski definition) is 2. The summed E-state index contributed by atoms with van der Waals surface area (Å²) in [5.74, 6) is 1.69. The van der Waals surface area contributed by atoms with Gasteiger partial charge in [0.15, 0.2) is 0 Å². The summed E-state index contributed by atoms with van der Waals surface area (Å²) >= 11 is 0. The Bertz CT molecular complexity index is 672. The van der Waals surface area contributed by atoms with Gasteiger partial charge in [0.1, 0.15) is 0 Å². The molecule has 26 heavy (non-hydrogen) atoms. The fraction of sp³-hybridized carbons (Fsp3) is 0.818. The first kappa shape index (κ1) is 18.1. The van der Waals surface area contributed by atoms with Crippen LogP contribution in [0.15, 0.2) is 12.2 Å². The van der Waals surface area contributed by atoms with E-state index in [0.29, 0.717) is 23.7 Å². The van der Waals surface area contributed by atoms with Crippen LogP contribution in [0.4, 0.5) is 0 Å². The minimum absolute atomic E-state index is 0.0196. The topological polar surface area (TPSA) is 57.6 Å². The van der Waals surface area contributed by atoms with Gasteiger partial charge in [0, 0.05) is 18.5 Å². The Morgan fingerprint density at radius 3 is 2.54 bits per heavy atom. The van der Waals surface area contributed by atoms with Gasteiger partial charge in [0.25, 0.3) is 0 Å². The first-order chi connectivity index (χ1) is 12.1. The maximum Gasteiger partial charge on any atom is 0.307 e. The largest absolute Gasteiger partial charge is 0.481 e. The number of aliphatic carboxylic acids is 1. The molecular formula is C22H33NO3. The molecule has 3 aliphatic carbocycles. The van der Waals surface area contributed by atoms with Gasteiger partial charge in [-0.3, -0.25) is 9.59 Å². The maximum absolute atomic E-state index is 12.2. The van der Waals surface area contributed by atoms with Gasteiger partial charge in [-0.25, -0.2) is 0 Å². The number of fused-ring (bicyclic) bond motifs is 5. The lowest BCUT2D eigenvalue weighted by molar-refractivity contribution is -0.157. The molecule has 0 radical (unpaired) electrons. The van der Waals surface area contributed by atoms with E-state index in [4.69, 9.17) is 0 Å². The Morgan fingerprint density at radius 2 is 1.88 bits per heavy atom. The Morgan fingerprint density at radius 1 is 1.19 bits per heavy atom. The number of hydrogen-bond donors (Lipinski definition) is 1. The molecule has 0 aromatic heterocycles. The lowest BCUT2D eigenvalue weighted by Crippen LogP contribution is -2.61. The third-order valence-electron chi connectivity index (χ3n) is 9.11. The van der Waals surface area contributed by atoms with Gasteiger partial charge in [-0.1, -0.05) is 33.8 Å². The molecule has 4 rings (SSSR count). The fourth-order valence-corrected chi connectivity index (χ4v) is 7.95. The van der Waals surface area contributed by atoms with Crippen molar-refractivity contribution in [3.63, 3.8) is 0 Å². The number of amides is 1. The highest BCUT2D eigenvalue weighted by molar-refractivity contribution is 5.89. The second-order valence-electron chi connectivity index (χ2n) is 10.2. The summed E-state index contributed by atoms with van der Waals surface area (Å²) < 4.78 is 0. The van der Waals surface area contributed by atoms with E-state index >= 15 is 0 Å². The van der Waals surface area contributed by atoms with E-state index in [1.165, 1.54) is 0 Å². The van der Waals surface area contributed by atoms with Crippen LogP contribution in [0.2, 0.25) is 0 Å². The van der Waals surface area contributed by atoms with Gasteiger partial charge < -0.3 is 10.0 Å². The minimum atomic E-state index is -0.601. The summed E-state index contributed by atoms with van der Waals surface area (Å²) in [5.41, 5.74) is -0.0598. The third-order valence-corrected chi connectivity index (χ3v) is 9.11. The lowest BCUT2D eigenvalue weighted by atomic mass is 9.45. The number of nitrogens with zero attached hydrogens (tertiary/aromatic N) is 1. The first-order valence-electron chi connectivity index (χ1n) is 10.3. The van der Waals surface area contributed by atoms with Crippen molar-refractivity contribution in [3.05, 3.63) is 12.2 Å². The smallest absolute Gasteiger partial charge is 0.307 e. The monoisotopic (exact) mass is 359 g/mol. The van der Waals surface area contributed by atoms with Crippen LogP contribution >= 0.6 is 0 Å². The molecule has 4 heteroatoms. The molecule has 1 aliphatic heterocycles. The second-order valence-corrected chi connectivity index (χ2v) is 10.2. The van der Waals surface area contributed by atoms with Crippen molar-refractivity contribution in [1.82, 2.24) is 4.90 Å². The van der Waals surface area contributed by atoms with E-state index in [0.717, 1.165) is 25.7 Å². The highest BCUT2D eigenvalue weighted by atomic mass is 16.4. The molecule has 1 N–H and O–H groups in total. The summed E-state index contributed by atoms with van der Waals surface area (Å²) in [6, 6.07) is 0.273. The van der Waals surface area contributed by atoms with Crippen LogP contribution in [-0.2, 0) is 9.59 Å². The zero-order chi connectivity index (χ0) is 19.0. The molecule has 0 aromatic rings. The number of carboxylic acids is 1. The number of carbonyl (C=O) groups excluding carboxylic acids is 1. The van der Waals surface area contributed by atoms with Crippen LogP contribution in [0, 0.1) is 46.3 Å². The number of likely N-dealkylation sites (N-methyl/N-ethyl adjacent to an activating group) is 1. The summed E-state index contributed by atoms with van der Waals surface area (Å²) in [7, 11) is 1.95. The van der Waals surface area contributed by atoms with Gasteiger partial charge in [0.2, 0.25) is 5.91 Å². The van der Waals surface area contributed by atoms with E-state index in [1.807, 2.05) is 11.9 Å². The van der Waals surface area contributed by atoms with Gasteiger partial charge in [0.05, 0.1) is 5.92 Å². The van der Waals surface area contributed by atoms with Crippen molar-refractivity contribution in [1.29, 1.82) is 0 Å². The van der Waals surface area contributed by atoms with Crippen molar-refractivity contribution in [2.45, 2.75) is 59.4 Å². The van der Waals surface area contributed by atoms with Crippen molar-refractivity contribution < 1.29 is 14.7 Å². The van der Waals surface area contributed by atoms with Crippen molar-refractivity contribution in [2.75, 3.05) is 7.05 Å². The zero-order valence-corrected chi connectivity index (χ0v) is 16.7. The van der Waals surface area contributed by atoms with Crippen LogP contribution in [-0.4, -0.2) is 35.0 Å². The molecule has 9 atom stereocenters. The number of carbonyl (C=O) groups is 2. The average Bonchev–Trinajstić information content (AvgIpc) is 2.83. The summed E-state index contributed by atoms with van der Waals surface area (Å²) in [6.07, 6.45) is 8.12. The molecule has 0 aromatic carbocycles. The van der Waals surface area contributed by atoms with Gasteiger partial charge in [-0.2, -0.15) is 0 Å². The van der Waals surface area contributed by atoms with E-state index in [1.54, 1.807) is 6.08 Å². The molecule has 3 fully saturated rings. The lowest BCUT2D eigenvalue weighted by Gasteiger charge is -2.62. The summed E-state index contributed by atoms with van der Waals surface area (Å²) in [5, 5.41) is 9.90. The zero-order valence-electron chi connectivity index (χ0n) is 16.7. The van der Waals surface area contributed by atoms with Gasteiger partial charge in [-0.15, -0.1) is 0 Å². The molecule has 1 heterocycles. The van der Waals surface area contributed by atoms with Crippen molar-refractivity contribution >= 4 is 11.9 Å². The maximum atomic E-state index is 12.2. The quantitative estimate of drug-likeness (QED) is 0.774. The van der Waals surface area contributed by atoms with E-state index in [2.05, 4.69) is 33.8 Å². The Balaban J connectivity index is 1.74. The van der Waals surface area contributed by atoms with Crippen LogP contribution < -0.4 is 0 Å². The molecule has 0 bridgehead atoms. The minimum Gasteiger partial charge on any atom is -0.481 e. The van der Waals surface area contributed by atoms with E-state index < -0.39 is 5.97 Å². The molecule has 1 amide bonds. The highest BCUT2D eigenvalue weighted by Gasteiger charge is 2.64. The molecule has 4 nitrogen and oxygen atoms in total. The van der Waals surface area contributed by atoms with Crippen LogP contribution in [0.5, 0.6) is 0 Å². The van der Waals surface area contributed by atoms with Crippen molar-refractivity contribution in [3.8, 4) is 0 Å². The average molecular weight is 360 g/mol. The normalized spacial score (nSPS) is 53.0. The predicted octanol–water partition coefficient (Wildman–Crippen LogP) is 3.82. The number of rotatable bonds is 1. The van der Waals surface area contributed by atoms with Crippen LogP contribution in [0.3, 0.4) is 0 Å². The Kier molecular flexibility index (Phi) is 3.88. The fourth-order valence-electron chi connectivity index (χ4n) is 7.95. The molecule has 4 aliphatic rings. The standard InChI is InChI=1S/C22H33NO3/c1-12-11-16-21(3,9-7-17(24)23(16)5)14-6-8-22(4)15(18(12)14)10-13(2)19(22)20(25)26/h7,9,12-16,18-19H,6,8,10-11H2,1-5H3,(H,25,26)/t12?,13?,14?,15?,16-,18?,19?,21?,22?/m1/s1. The van der Waals surface area contributed by atoms with Crippen LogP contribution in [0.25, 0.3) is 0 Å². The second kappa shape index (κ2) is 5.59. The molecule has 8 unspecified atom stereocenters. The molecular weight excluding hydrogens is 326 g/mol. The van der Waals surface area contributed by atoms with E-state index in [9.17, 15) is 14.7 Å². The summed E-state index contributed by atoms with van der Waals surface area (Å²) in [4.78, 5) is 26.2. The van der Waals surface area contributed by atoms with Gasteiger partial charge >= 0.3 is 5.97 Å². The molecule has 3 saturated carbocycles.